The number of benzene rings is 1. The molecule has 0 unspecified atom stereocenters. The molecule has 4 heteroatoms. The number of fused-ring (bicyclic) bond motifs is 1. The van der Waals surface area contributed by atoms with Gasteiger partial charge in [-0.2, -0.15) is 0 Å². The van der Waals surface area contributed by atoms with E-state index in [1.165, 1.54) is 0 Å². The van der Waals surface area contributed by atoms with Crippen molar-refractivity contribution in [2.75, 3.05) is 6.61 Å². The number of halogens is 1. The molecular formula is C11H11ClN2O. The Hall–Kier alpha value is -1.35. The number of nitrogens with zero attached hydrogens (tertiary/aromatic N) is 2. The molecule has 1 aromatic heterocycles. The van der Waals surface area contributed by atoms with Crippen molar-refractivity contribution >= 4 is 22.6 Å². The molecule has 0 aliphatic rings. The standard InChI is InChI=1S/C11H11ClN2O/c1-2-7-15-11-10(12)13-8-5-3-4-6-9(8)14-11/h3-6H,2,7H2,1H3. The Balaban J connectivity index is 2.43. The average molecular weight is 223 g/mol. The molecule has 0 saturated carbocycles. The Morgan fingerprint density at radius 1 is 1.20 bits per heavy atom. The van der Waals surface area contributed by atoms with Crippen molar-refractivity contribution in [3.05, 3.63) is 29.4 Å². The summed E-state index contributed by atoms with van der Waals surface area (Å²) >= 11 is 5.94. The second kappa shape index (κ2) is 4.45. The molecule has 0 fully saturated rings. The molecule has 0 radical (unpaired) electrons. The quantitative estimate of drug-likeness (QED) is 0.801. The van der Waals surface area contributed by atoms with Crippen molar-refractivity contribution in [3.63, 3.8) is 0 Å². The summed E-state index contributed by atoms with van der Waals surface area (Å²) in [6.07, 6.45) is 0.921. The van der Waals surface area contributed by atoms with Gasteiger partial charge < -0.3 is 4.74 Å². The number of hydrogen-bond acceptors (Lipinski definition) is 3. The molecule has 78 valence electrons. The van der Waals surface area contributed by atoms with Crippen LogP contribution in [0.2, 0.25) is 5.15 Å². The maximum atomic E-state index is 5.94. The first-order valence-corrected chi connectivity index (χ1v) is 5.24. The van der Waals surface area contributed by atoms with E-state index in [9.17, 15) is 0 Å². The molecule has 2 aromatic rings. The minimum absolute atomic E-state index is 0.321. The lowest BCUT2D eigenvalue weighted by Gasteiger charge is -2.05. The van der Waals surface area contributed by atoms with Gasteiger partial charge in [-0.25, -0.2) is 9.97 Å². The largest absolute Gasteiger partial charge is 0.475 e. The Kier molecular flexibility index (Phi) is 3.02. The summed E-state index contributed by atoms with van der Waals surface area (Å²) in [5.41, 5.74) is 1.58. The lowest BCUT2D eigenvalue weighted by atomic mass is 10.3. The first-order chi connectivity index (χ1) is 7.31. The first-order valence-electron chi connectivity index (χ1n) is 4.86. The zero-order valence-corrected chi connectivity index (χ0v) is 9.16. The predicted octanol–water partition coefficient (Wildman–Crippen LogP) is 3.07. The normalized spacial score (nSPS) is 10.5. The highest BCUT2D eigenvalue weighted by Crippen LogP contribution is 2.22. The van der Waals surface area contributed by atoms with Gasteiger partial charge in [-0.3, -0.25) is 0 Å². The van der Waals surface area contributed by atoms with Crippen molar-refractivity contribution in [3.8, 4) is 5.88 Å². The molecular weight excluding hydrogens is 212 g/mol. The smallest absolute Gasteiger partial charge is 0.252 e. The van der Waals surface area contributed by atoms with Crippen LogP contribution in [0.3, 0.4) is 0 Å². The second-order valence-corrected chi connectivity index (χ2v) is 3.51. The molecule has 0 aliphatic heterocycles. The van der Waals surface area contributed by atoms with Crippen molar-refractivity contribution in [2.24, 2.45) is 0 Å². The highest BCUT2D eigenvalue weighted by molar-refractivity contribution is 6.30. The topological polar surface area (TPSA) is 35.0 Å². The third-order valence-electron chi connectivity index (χ3n) is 1.94. The van der Waals surface area contributed by atoms with Gasteiger partial charge in [0, 0.05) is 0 Å². The summed E-state index contributed by atoms with van der Waals surface area (Å²) in [5, 5.41) is 0.321. The van der Waals surface area contributed by atoms with Gasteiger partial charge in [-0.15, -0.1) is 0 Å². The Labute approximate surface area is 93.1 Å². The third kappa shape index (κ3) is 2.18. The van der Waals surface area contributed by atoms with Crippen LogP contribution in [0.4, 0.5) is 0 Å². The molecule has 0 atom stereocenters. The van der Waals surface area contributed by atoms with Gasteiger partial charge >= 0.3 is 0 Å². The van der Waals surface area contributed by atoms with Crippen LogP contribution >= 0.6 is 11.6 Å². The van der Waals surface area contributed by atoms with E-state index in [1.807, 2.05) is 31.2 Å². The van der Waals surface area contributed by atoms with Crippen molar-refractivity contribution in [1.82, 2.24) is 9.97 Å². The van der Waals surface area contributed by atoms with Crippen LogP contribution in [0, 0.1) is 0 Å². The summed E-state index contributed by atoms with van der Waals surface area (Å²) in [5.74, 6) is 0.414. The lowest BCUT2D eigenvalue weighted by molar-refractivity contribution is 0.305. The number of para-hydroxylation sites is 2. The first kappa shape index (κ1) is 10.2. The van der Waals surface area contributed by atoms with Crippen molar-refractivity contribution < 1.29 is 4.74 Å². The fourth-order valence-corrected chi connectivity index (χ4v) is 1.44. The highest BCUT2D eigenvalue weighted by Gasteiger charge is 2.06. The van der Waals surface area contributed by atoms with Crippen molar-refractivity contribution in [2.45, 2.75) is 13.3 Å². The minimum atomic E-state index is 0.321. The molecule has 0 amide bonds. The maximum absolute atomic E-state index is 5.94. The van der Waals surface area contributed by atoms with E-state index in [2.05, 4.69) is 9.97 Å². The minimum Gasteiger partial charge on any atom is -0.475 e. The summed E-state index contributed by atoms with van der Waals surface area (Å²) in [7, 11) is 0. The van der Waals surface area contributed by atoms with Crippen LogP contribution in [-0.4, -0.2) is 16.6 Å². The van der Waals surface area contributed by atoms with Gasteiger partial charge in [0.25, 0.3) is 5.88 Å². The van der Waals surface area contributed by atoms with Crippen LogP contribution in [-0.2, 0) is 0 Å². The van der Waals surface area contributed by atoms with Crippen LogP contribution in [0.1, 0.15) is 13.3 Å². The molecule has 0 aliphatic carbocycles. The highest BCUT2D eigenvalue weighted by atomic mass is 35.5. The Morgan fingerprint density at radius 2 is 1.87 bits per heavy atom. The zero-order chi connectivity index (χ0) is 10.7. The maximum Gasteiger partial charge on any atom is 0.252 e. The summed E-state index contributed by atoms with van der Waals surface area (Å²) < 4.78 is 5.39. The lowest BCUT2D eigenvalue weighted by Crippen LogP contribution is -1.99. The van der Waals surface area contributed by atoms with Crippen LogP contribution < -0.4 is 4.74 Å². The SMILES string of the molecule is CCCOc1nc2ccccc2nc1Cl. The van der Waals surface area contributed by atoms with E-state index in [1.54, 1.807) is 0 Å². The van der Waals surface area contributed by atoms with Crippen LogP contribution in [0.25, 0.3) is 11.0 Å². The molecule has 0 saturated heterocycles. The van der Waals surface area contributed by atoms with Crippen LogP contribution in [0.15, 0.2) is 24.3 Å². The molecule has 1 heterocycles. The van der Waals surface area contributed by atoms with Gasteiger partial charge in [0.2, 0.25) is 0 Å². The molecule has 1 aromatic carbocycles. The molecule has 0 bridgehead atoms. The van der Waals surface area contributed by atoms with E-state index in [4.69, 9.17) is 16.3 Å². The molecule has 2 rings (SSSR count). The number of rotatable bonds is 3. The van der Waals surface area contributed by atoms with Gasteiger partial charge in [-0.05, 0) is 18.6 Å². The fraction of sp³-hybridized carbons (Fsp3) is 0.273. The predicted molar refractivity (Wildman–Crippen MR) is 60.3 cm³/mol. The van der Waals surface area contributed by atoms with Gasteiger partial charge in [0.1, 0.15) is 0 Å². The molecule has 15 heavy (non-hydrogen) atoms. The number of ether oxygens (including phenoxy) is 1. The molecule has 0 N–H and O–H groups in total. The second-order valence-electron chi connectivity index (χ2n) is 3.16. The van der Waals surface area contributed by atoms with Gasteiger partial charge in [0.05, 0.1) is 17.6 Å². The van der Waals surface area contributed by atoms with E-state index in [0.29, 0.717) is 17.6 Å². The summed E-state index contributed by atoms with van der Waals surface area (Å²) in [6, 6.07) is 7.57. The average Bonchev–Trinajstić information content (AvgIpc) is 2.26. The summed E-state index contributed by atoms with van der Waals surface area (Å²) in [4.78, 5) is 8.50. The van der Waals surface area contributed by atoms with E-state index >= 15 is 0 Å². The van der Waals surface area contributed by atoms with Crippen LogP contribution in [0.5, 0.6) is 5.88 Å². The van der Waals surface area contributed by atoms with Gasteiger partial charge in [0.15, 0.2) is 5.15 Å². The Morgan fingerprint density at radius 3 is 2.53 bits per heavy atom. The fourth-order valence-electron chi connectivity index (χ4n) is 1.25. The third-order valence-corrected chi connectivity index (χ3v) is 2.19. The van der Waals surface area contributed by atoms with E-state index in [0.717, 1.165) is 17.5 Å². The molecule has 3 nitrogen and oxygen atoms in total. The van der Waals surface area contributed by atoms with E-state index < -0.39 is 0 Å². The number of aromatic nitrogens is 2. The Bertz CT molecular complexity index is 473. The van der Waals surface area contributed by atoms with Gasteiger partial charge in [-0.1, -0.05) is 30.7 Å². The van der Waals surface area contributed by atoms with Crippen molar-refractivity contribution in [1.29, 1.82) is 0 Å². The summed E-state index contributed by atoms with van der Waals surface area (Å²) in [6.45, 7) is 2.63. The molecule has 0 spiro atoms. The zero-order valence-electron chi connectivity index (χ0n) is 8.40. The number of hydrogen-bond donors (Lipinski definition) is 0. The van der Waals surface area contributed by atoms with E-state index in [-0.39, 0.29) is 0 Å². The monoisotopic (exact) mass is 222 g/mol.